The highest BCUT2D eigenvalue weighted by atomic mass is 16.5. The van der Waals surface area contributed by atoms with E-state index in [1.165, 1.54) is 32.1 Å². The van der Waals surface area contributed by atoms with Gasteiger partial charge in [-0.1, -0.05) is 0 Å². The van der Waals surface area contributed by atoms with Gasteiger partial charge in [-0.05, 0) is 62.2 Å². The van der Waals surface area contributed by atoms with Crippen LogP contribution in [0.1, 0.15) is 38.5 Å². The van der Waals surface area contributed by atoms with Gasteiger partial charge in [-0.25, -0.2) is 0 Å². The van der Waals surface area contributed by atoms with Crippen LogP contribution >= 0.6 is 0 Å². The Morgan fingerprint density at radius 2 is 1.31 bits per heavy atom. The van der Waals surface area contributed by atoms with Crippen molar-refractivity contribution in [2.75, 3.05) is 7.11 Å². The predicted octanol–water partition coefficient (Wildman–Crippen LogP) is 2.85. The van der Waals surface area contributed by atoms with Crippen LogP contribution in [-0.4, -0.2) is 13.2 Å². The third-order valence-electron chi connectivity index (χ3n) is 4.67. The Bertz CT molecular complexity index is 187. The molecule has 4 aliphatic carbocycles. The van der Waals surface area contributed by atoms with Gasteiger partial charge < -0.3 is 4.74 Å². The molecule has 1 nitrogen and oxygen atoms in total. The molecule has 0 spiro atoms. The number of fused-ring (bicyclic) bond motifs is 1. The highest BCUT2D eigenvalue weighted by Crippen LogP contribution is 2.51. The molecule has 4 fully saturated rings. The first kappa shape index (κ1) is 8.28. The molecule has 0 saturated heterocycles. The summed E-state index contributed by atoms with van der Waals surface area (Å²) < 4.78 is 5.65. The van der Waals surface area contributed by atoms with Gasteiger partial charge in [0.25, 0.3) is 0 Å². The van der Waals surface area contributed by atoms with Crippen molar-refractivity contribution >= 4 is 0 Å². The Morgan fingerprint density at radius 1 is 0.769 bits per heavy atom. The zero-order chi connectivity index (χ0) is 8.84. The fraction of sp³-hybridized carbons (Fsp3) is 1.00. The lowest BCUT2D eigenvalue weighted by Crippen LogP contribution is -2.29. The van der Waals surface area contributed by atoms with E-state index in [1.54, 1.807) is 6.42 Å². The Labute approximate surface area is 80.8 Å². The lowest BCUT2D eigenvalue weighted by molar-refractivity contribution is 0.0289. The molecule has 0 aromatic carbocycles. The summed E-state index contributed by atoms with van der Waals surface area (Å²) in [6, 6.07) is 0. The Morgan fingerprint density at radius 3 is 1.85 bits per heavy atom. The second-order valence-corrected chi connectivity index (χ2v) is 5.55. The first-order valence-corrected chi connectivity index (χ1v) is 5.88. The summed E-state index contributed by atoms with van der Waals surface area (Å²) in [7, 11) is 1.91. The molecule has 4 rings (SSSR count). The van der Waals surface area contributed by atoms with Crippen molar-refractivity contribution in [3.05, 3.63) is 0 Å². The Kier molecular flexibility index (Phi) is 1.90. The van der Waals surface area contributed by atoms with Gasteiger partial charge in [0, 0.05) is 7.11 Å². The minimum absolute atomic E-state index is 0.611. The van der Waals surface area contributed by atoms with Gasteiger partial charge in [0.2, 0.25) is 0 Å². The molecule has 0 aliphatic heterocycles. The zero-order valence-corrected chi connectivity index (χ0v) is 8.54. The predicted molar refractivity (Wildman–Crippen MR) is 52.5 cm³/mol. The van der Waals surface area contributed by atoms with Gasteiger partial charge in [0.15, 0.2) is 0 Å². The van der Waals surface area contributed by atoms with E-state index in [0.29, 0.717) is 6.10 Å². The van der Waals surface area contributed by atoms with Crippen LogP contribution in [0.15, 0.2) is 0 Å². The average molecular weight is 181 g/mol. The highest BCUT2D eigenvalue weighted by Gasteiger charge is 2.43. The standard InChI is InChI=1S/C12H20O/c1-13-12-7-10-3-8-2-9(4-10)6-11(12)5-8/h8-12H,2-7H2,1H3/t8-,9+,10?,11?,12-/m1/s1/i12+1. The van der Waals surface area contributed by atoms with E-state index in [-0.39, 0.29) is 0 Å². The summed E-state index contributed by atoms with van der Waals surface area (Å²) in [6.45, 7) is 0. The van der Waals surface area contributed by atoms with Crippen LogP contribution in [0, 0.1) is 23.7 Å². The minimum atomic E-state index is 0.611. The van der Waals surface area contributed by atoms with Crippen LogP contribution in [-0.2, 0) is 4.74 Å². The molecule has 13 heavy (non-hydrogen) atoms. The van der Waals surface area contributed by atoms with E-state index in [4.69, 9.17) is 4.74 Å². The maximum atomic E-state index is 5.65. The van der Waals surface area contributed by atoms with Gasteiger partial charge >= 0.3 is 0 Å². The molecule has 74 valence electrons. The van der Waals surface area contributed by atoms with Gasteiger partial charge in [-0.2, -0.15) is 0 Å². The molecule has 4 saturated carbocycles. The van der Waals surface area contributed by atoms with Crippen molar-refractivity contribution in [1.82, 2.24) is 0 Å². The molecule has 0 aromatic heterocycles. The largest absolute Gasteiger partial charge is 0.381 e. The van der Waals surface area contributed by atoms with E-state index in [2.05, 4.69) is 0 Å². The van der Waals surface area contributed by atoms with E-state index in [1.807, 2.05) is 7.11 Å². The summed E-state index contributed by atoms with van der Waals surface area (Å²) >= 11 is 0. The highest BCUT2D eigenvalue weighted by molar-refractivity contribution is 4.94. The van der Waals surface area contributed by atoms with Crippen LogP contribution in [0.4, 0.5) is 0 Å². The summed E-state index contributed by atoms with van der Waals surface area (Å²) in [5, 5.41) is 0. The average Bonchev–Trinajstić information content (AvgIpc) is 2.29. The summed E-state index contributed by atoms with van der Waals surface area (Å²) in [4.78, 5) is 0. The van der Waals surface area contributed by atoms with Gasteiger partial charge in [0.05, 0.1) is 6.10 Å². The smallest absolute Gasteiger partial charge is 0.0602 e. The van der Waals surface area contributed by atoms with E-state index in [9.17, 15) is 0 Å². The molecule has 4 aliphatic rings. The molecular formula is C12H20O. The molecule has 0 aromatic rings. The fourth-order valence-corrected chi connectivity index (χ4v) is 4.35. The maximum absolute atomic E-state index is 5.65. The van der Waals surface area contributed by atoms with Crippen LogP contribution in [0.5, 0.6) is 0 Å². The van der Waals surface area contributed by atoms with Crippen molar-refractivity contribution in [1.29, 1.82) is 0 Å². The van der Waals surface area contributed by atoms with Gasteiger partial charge in [0.1, 0.15) is 0 Å². The van der Waals surface area contributed by atoms with E-state index < -0.39 is 0 Å². The maximum Gasteiger partial charge on any atom is 0.0602 e. The monoisotopic (exact) mass is 181 g/mol. The molecule has 0 N–H and O–H groups in total. The van der Waals surface area contributed by atoms with Gasteiger partial charge in [-0.15, -0.1) is 0 Å². The number of ether oxygens (including phenoxy) is 1. The van der Waals surface area contributed by atoms with Gasteiger partial charge in [-0.3, -0.25) is 0 Å². The third kappa shape index (κ3) is 1.32. The number of hydrogen-bond acceptors (Lipinski definition) is 1. The molecule has 0 amide bonds. The second kappa shape index (κ2) is 2.98. The topological polar surface area (TPSA) is 9.23 Å². The number of methoxy groups -OCH3 is 1. The summed E-state index contributed by atoms with van der Waals surface area (Å²) in [5.41, 5.74) is 0. The summed E-state index contributed by atoms with van der Waals surface area (Å²) in [6.07, 6.45) is 9.52. The summed E-state index contributed by atoms with van der Waals surface area (Å²) in [5.74, 6) is 4.08. The van der Waals surface area contributed by atoms with Crippen LogP contribution in [0.3, 0.4) is 0 Å². The molecule has 4 bridgehead atoms. The lowest BCUT2D eigenvalue weighted by Gasteiger charge is -2.38. The Balaban J connectivity index is 1.86. The first-order chi connectivity index (χ1) is 6.35. The van der Waals surface area contributed by atoms with Crippen molar-refractivity contribution in [2.24, 2.45) is 23.7 Å². The van der Waals surface area contributed by atoms with Crippen LogP contribution in [0.25, 0.3) is 0 Å². The third-order valence-corrected chi connectivity index (χ3v) is 4.67. The van der Waals surface area contributed by atoms with Crippen molar-refractivity contribution < 1.29 is 4.74 Å². The quantitative estimate of drug-likeness (QED) is 0.565. The fourth-order valence-electron chi connectivity index (χ4n) is 4.35. The normalized spacial score (nSPS) is 53.8. The zero-order valence-electron chi connectivity index (χ0n) is 8.54. The van der Waals surface area contributed by atoms with E-state index >= 15 is 0 Å². The van der Waals surface area contributed by atoms with E-state index in [0.717, 1.165) is 23.7 Å². The molecule has 5 atom stereocenters. The SMILES string of the molecule is CO[13C@@H]1CC2C[C@@H]3CC1C[C@H](C2)C3. The molecule has 0 radical (unpaired) electrons. The molecular weight excluding hydrogens is 161 g/mol. The minimum Gasteiger partial charge on any atom is -0.381 e. The molecule has 0 heterocycles. The van der Waals surface area contributed by atoms with Crippen LogP contribution in [0.2, 0.25) is 0 Å². The lowest BCUT2D eigenvalue weighted by atomic mass is 9.68. The number of hydrogen-bond donors (Lipinski definition) is 0. The first-order valence-electron chi connectivity index (χ1n) is 5.88. The number of rotatable bonds is 1. The molecule has 1 heteroatoms. The van der Waals surface area contributed by atoms with Crippen molar-refractivity contribution in [3.8, 4) is 0 Å². The Hall–Kier alpha value is -0.0400. The van der Waals surface area contributed by atoms with Crippen molar-refractivity contribution in [3.63, 3.8) is 0 Å². The van der Waals surface area contributed by atoms with Crippen LogP contribution < -0.4 is 0 Å². The second-order valence-electron chi connectivity index (χ2n) is 5.55. The molecule has 2 unspecified atom stereocenters. The van der Waals surface area contributed by atoms with Crippen molar-refractivity contribution in [2.45, 2.75) is 44.6 Å².